The molecule has 2 rings (SSSR count). The van der Waals surface area contributed by atoms with Gasteiger partial charge in [0.15, 0.2) is 0 Å². The maximum absolute atomic E-state index is 10.8. The highest BCUT2D eigenvalue weighted by molar-refractivity contribution is 7.13. The number of hydrogen-bond acceptors (Lipinski definition) is 3. The van der Waals surface area contributed by atoms with Crippen LogP contribution in [0.3, 0.4) is 0 Å². The van der Waals surface area contributed by atoms with E-state index in [9.17, 15) is 4.79 Å². The number of nitrogens with zero attached hydrogens (tertiary/aromatic N) is 1. The molecule has 3 nitrogen and oxygen atoms in total. The summed E-state index contributed by atoms with van der Waals surface area (Å²) < 4.78 is 0. The molecule has 1 N–H and O–H groups in total. The van der Waals surface area contributed by atoms with Crippen LogP contribution < -0.4 is 0 Å². The minimum absolute atomic E-state index is 0.104. The molecule has 0 saturated heterocycles. The standard InChI is InChI=1S/C11H8ClNO2S/c1-6-9(13-10(16-6)11(14)15)7-3-2-4-8(12)5-7/h2-5H,1H3,(H,14,15). The summed E-state index contributed by atoms with van der Waals surface area (Å²) in [5.74, 6) is -0.999. The minimum Gasteiger partial charge on any atom is -0.476 e. The summed E-state index contributed by atoms with van der Waals surface area (Å²) in [6.45, 7) is 1.85. The van der Waals surface area contributed by atoms with E-state index in [-0.39, 0.29) is 5.01 Å². The fourth-order valence-electron chi connectivity index (χ4n) is 1.39. The van der Waals surface area contributed by atoms with Crippen molar-refractivity contribution < 1.29 is 9.90 Å². The fourth-order valence-corrected chi connectivity index (χ4v) is 2.36. The molecule has 16 heavy (non-hydrogen) atoms. The van der Waals surface area contributed by atoms with Gasteiger partial charge in [-0.1, -0.05) is 23.7 Å². The second-order valence-electron chi connectivity index (χ2n) is 3.24. The first kappa shape index (κ1) is 11.1. The quantitative estimate of drug-likeness (QED) is 0.892. The van der Waals surface area contributed by atoms with Crippen molar-refractivity contribution in [1.29, 1.82) is 0 Å². The van der Waals surface area contributed by atoms with Crippen LogP contribution in [0.15, 0.2) is 24.3 Å². The maximum Gasteiger partial charge on any atom is 0.365 e. The normalized spacial score (nSPS) is 10.4. The Bertz CT molecular complexity index is 551. The first-order valence-electron chi connectivity index (χ1n) is 4.54. The summed E-state index contributed by atoms with van der Waals surface area (Å²) in [4.78, 5) is 15.7. The molecule has 82 valence electrons. The third-order valence-corrected chi connectivity index (χ3v) is 3.27. The van der Waals surface area contributed by atoms with Crippen LogP contribution in [0.4, 0.5) is 0 Å². The molecule has 1 aromatic carbocycles. The predicted molar refractivity (Wildman–Crippen MR) is 64.3 cm³/mol. The van der Waals surface area contributed by atoms with Crippen LogP contribution in [-0.2, 0) is 0 Å². The van der Waals surface area contributed by atoms with E-state index >= 15 is 0 Å². The van der Waals surface area contributed by atoms with Gasteiger partial charge in [0.2, 0.25) is 5.01 Å². The van der Waals surface area contributed by atoms with Gasteiger partial charge in [-0.15, -0.1) is 11.3 Å². The Labute approximate surface area is 101 Å². The fraction of sp³-hybridized carbons (Fsp3) is 0.0909. The van der Waals surface area contributed by atoms with Gasteiger partial charge in [0, 0.05) is 15.5 Å². The van der Waals surface area contributed by atoms with E-state index in [0.717, 1.165) is 10.4 Å². The summed E-state index contributed by atoms with van der Waals surface area (Å²) in [6, 6.07) is 7.22. The van der Waals surface area contributed by atoms with Crippen molar-refractivity contribution in [3.8, 4) is 11.3 Å². The first-order chi connectivity index (χ1) is 7.58. The number of carboxylic acids is 1. The Morgan fingerprint density at radius 2 is 2.25 bits per heavy atom. The predicted octanol–water partition coefficient (Wildman–Crippen LogP) is 3.47. The highest BCUT2D eigenvalue weighted by Crippen LogP contribution is 2.28. The monoisotopic (exact) mass is 253 g/mol. The van der Waals surface area contributed by atoms with E-state index in [1.54, 1.807) is 12.1 Å². The van der Waals surface area contributed by atoms with Crippen molar-refractivity contribution in [3.63, 3.8) is 0 Å². The lowest BCUT2D eigenvalue weighted by Gasteiger charge is -1.98. The van der Waals surface area contributed by atoms with E-state index in [0.29, 0.717) is 10.7 Å². The molecule has 0 unspecified atom stereocenters. The Balaban J connectivity index is 2.52. The number of aromatic carboxylic acids is 1. The number of benzene rings is 1. The molecular weight excluding hydrogens is 246 g/mol. The Kier molecular flexibility index (Phi) is 2.94. The van der Waals surface area contributed by atoms with Gasteiger partial charge in [0.25, 0.3) is 0 Å². The number of carboxylic acid groups (broad SMARTS) is 1. The van der Waals surface area contributed by atoms with Crippen molar-refractivity contribution in [2.24, 2.45) is 0 Å². The van der Waals surface area contributed by atoms with Crippen molar-refractivity contribution in [2.75, 3.05) is 0 Å². The average molecular weight is 254 g/mol. The van der Waals surface area contributed by atoms with E-state index in [1.807, 2.05) is 19.1 Å². The van der Waals surface area contributed by atoms with Crippen LogP contribution >= 0.6 is 22.9 Å². The van der Waals surface area contributed by atoms with Gasteiger partial charge < -0.3 is 5.11 Å². The zero-order valence-electron chi connectivity index (χ0n) is 8.40. The van der Waals surface area contributed by atoms with Crippen LogP contribution in [0, 0.1) is 6.92 Å². The van der Waals surface area contributed by atoms with E-state index in [1.165, 1.54) is 11.3 Å². The summed E-state index contributed by atoms with van der Waals surface area (Å²) in [5.41, 5.74) is 1.53. The van der Waals surface area contributed by atoms with E-state index < -0.39 is 5.97 Å². The molecule has 0 bridgehead atoms. The third-order valence-electron chi connectivity index (χ3n) is 2.08. The highest BCUT2D eigenvalue weighted by Gasteiger charge is 2.14. The Morgan fingerprint density at radius 1 is 1.50 bits per heavy atom. The molecule has 0 radical (unpaired) electrons. The minimum atomic E-state index is -0.999. The van der Waals surface area contributed by atoms with Gasteiger partial charge in [-0.05, 0) is 19.1 Å². The molecule has 5 heteroatoms. The molecule has 1 heterocycles. The Hall–Kier alpha value is -1.39. The lowest BCUT2D eigenvalue weighted by molar-refractivity contribution is 0.0696. The number of thiazole rings is 1. The molecule has 0 fully saturated rings. The van der Waals surface area contributed by atoms with Crippen LogP contribution in [-0.4, -0.2) is 16.1 Å². The number of carbonyl (C=O) groups is 1. The average Bonchev–Trinajstić information content (AvgIpc) is 2.60. The molecule has 0 spiro atoms. The van der Waals surface area contributed by atoms with Crippen LogP contribution in [0.5, 0.6) is 0 Å². The molecule has 1 aromatic heterocycles. The van der Waals surface area contributed by atoms with Crippen molar-refractivity contribution in [3.05, 3.63) is 39.2 Å². The van der Waals surface area contributed by atoms with Gasteiger partial charge >= 0.3 is 5.97 Å². The molecule has 0 aliphatic carbocycles. The number of rotatable bonds is 2. The number of halogens is 1. The van der Waals surface area contributed by atoms with Crippen LogP contribution in [0.2, 0.25) is 5.02 Å². The van der Waals surface area contributed by atoms with Gasteiger partial charge in [-0.25, -0.2) is 9.78 Å². The molecular formula is C11H8ClNO2S. The first-order valence-corrected chi connectivity index (χ1v) is 5.74. The lowest BCUT2D eigenvalue weighted by Crippen LogP contribution is -1.94. The summed E-state index contributed by atoms with van der Waals surface area (Å²) >= 11 is 7.05. The molecule has 0 amide bonds. The number of hydrogen-bond donors (Lipinski definition) is 1. The summed E-state index contributed by atoms with van der Waals surface area (Å²) in [5, 5.41) is 9.56. The third kappa shape index (κ3) is 2.08. The largest absolute Gasteiger partial charge is 0.476 e. The molecule has 0 aliphatic rings. The summed E-state index contributed by atoms with van der Waals surface area (Å²) in [7, 11) is 0. The van der Waals surface area contributed by atoms with E-state index in [4.69, 9.17) is 16.7 Å². The maximum atomic E-state index is 10.8. The zero-order valence-corrected chi connectivity index (χ0v) is 9.97. The topological polar surface area (TPSA) is 50.2 Å². The van der Waals surface area contributed by atoms with Crippen molar-refractivity contribution >= 4 is 28.9 Å². The Morgan fingerprint density at radius 3 is 2.81 bits per heavy atom. The molecule has 0 atom stereocenters. The highest BCUT2D eigenvalue weighted by atomic mass is 35.5. The van der Waals surface area contributed by atoms with Crippen LogP contribution in [0.25, 0.3) is 11.3 Å². The van der Waals surface area contributed by atoms with Crippen molar-refractivity contribution in [2.45, 2.75) is 6.92 Å². The van der Waals surface area contributed by atoms with Crippen molar-refractivity contribution in [1.82, 2.24) is 4.98 Å². The number of aryl methyl sites for hydroxylation is 1. The lowest BCUT2D eigenvalue weighted by atomic mass is 10.1. The zero-order chi connectivity index (χ0) is 11.7. The van der Waals surface area contributed by atoms with Gasteiger partial charge in [-0.2, -0.15) is 0 Å². The van der Waals surface area contributed by atoms with E-state index in [2.05, 4.69) is 4.98 Å². The second-order valence-corrected chi connectivity index (χ2v) is 4.88. The van der Waals surface area contributed by atoms with Crippen LogP contribution in [0.1, 0.15) is 14.7 Å². The summed E-state index contributed by atoms with van der Waals surface area (Å²) in [6.07, 6.45) is 0. The second kappa shape index (κ2) is 4.23. The molecule has 0 saturated carbocycles. The van der Waals surface area contributed by atoms with Gasteiger partial charge in [0.05, 0.1) is 5.69 Å². The number of aromatic nitrogens is 1. The van der Waals surface area contributed by atoms with Gasteiger partial charge in [-0.3, -0.25) is 0 Å². The molecule has 0 aliphatic heterocycles. The SMILES string of the molecule is Cc1sc(C(=O)O)nc1-c1cccc(Cl)c1. The van der Waals surface area contributed by atoms with Gasteiger partial charge in [0.1, 0.15) is 0 Å². The molecule has 2 aromatic rings. The smallest absolute Gasteiger partial charge is 0.365 e.